The van der Waals surface area contributed by atoms with Gasteiger partial charge in [0, 0.05) is 18.8 Å². The molecule has 0 aliphatic heterocycles. The van der Waals surface area contributed by atoms with Crippen LogP contribution in [-0.2, 0) is 0 Å². The molecule has 0 atom stereocenters. The zero-order chi connectivity index (χ0) is 11.5. The normalized spacial score (nSPS) is 10.2. The molecule has 0 aliphatic carbocycles. The summed E-state index contributed by atoms with van der Waals surface area (Å²) < 4.78 is 0. The van der Waals surface area contributed by atoms with Crippen LogP contribution in [0.2, 0.25) is 10.0 Å². The summed E-state index contributed by atoms with van der Waals surface area (Å²) in [7, 11) is 1.77. The third-order valence-electron chi connectivity index (χ3n) is 2.09. The van der Waals surface area contributed by atoms with E-state index in [1.807, 2.05) is 12.1 Å². The van der Waals surface area contributed by atoms with Crippen molar-refractivity contribution in [2.75, 3.05) is 12.4 Å². The number of halogens is 2. The molecule has 1 aromatic heterocycles. The lowest BCUT2D eigenvalue weighted by atomic mass is 10.1. The number of aromatic nitrogens is 2. The number of rotatable bonds is 2. The first-order chi connectivity index (χ1) is 7.70. The lowest BCUT2D eigenvalue weighted by Crippen LogP contribution is -1.96. The van der Waals surface area contributed by atoms with Crippen LogP contribution in [-0.4, -0.2) is 17.0 Å². The Hall–Kier alpha value is -1.32. The number of benzene rings is 1. The Labute approximate surface area is 103 Å². The minimum absolute atomic E-state index is 0.517. The van der Waals surface area contributed by atoms with Gasteiger partial charge in [-0.25, -0.2) is 9.97 Å². The zero-order valence-corrected chi connectivity index (χ0v) is 10.0. The molecule has 0 fully saturated rings. The Morgan fingerprint density at radius 3 is 2.62 bits per heavy atom. The molecule has 0 amide bonds. The summed E-state index contributed by atoms with van der Waals surface area (Å²) in [4.78, 5) is 8.35. The summed E-state index contributed by atoms with van der Waals surface area (Å²) in [6.07, 6.45) is 1.69. The largest absolute Gasteiger partial charge is 0.357 e. The highest BCUT2D eigenvalue weighted by Crippen LogP contribution is 2.27. The molecule has 1 aromatic carbocycles. The summed E-state index contributed by atoms with van der Waals surface area (Å²) in [5.41, 5.74) is 1.71. The van der Waals surface area contributed by atoms with Crippen molar-refractivity contribution in [3.05, 3.63) is 40.5 Å². The van der Waals surface area contributed by atoms with Crippen LogP contribution in [0.3, 0.4) is 0 Å². The lowest BCUT2D eigenvalue weighted by Gasteiger charge is -2.04. The standard InChI is InChI=1S/C11H9Cl2N3/c1-14-11-15-5-4-10(16-11)7-2-3-8(12)9(13)6-7/h2-6H,1H3,(H,14,15,16). The lowest BCUT2D eigenvalue weighted by molar-refractivity contribution is 1.15. The second kappa shape index (κ2) is 4.68. The molecule has 0 radical (unpaired) electrons. The number of nitrogens with one attached hydrogen (secondary N) is 1. The molecule has 2 rings (SSSR count). The van der Waals surface area contributed by atoms with Gasteiger partial charge in [-0.1, -0.05) is 29.3 Å². The van der Waals surface area contributed by atoms with Crippen molar-refractivity contribution in [1.82, 2.24) is 9.97 Å². The fourth-order valence-corrected chi connectivity index (χ4v) is 1.59. The average molecular weight is 254 g/mol. The van der Waals surface area contributed by atoms with Crippen molar-refractivity contribution >= 4 is 29.2 Å². The number of hydrogen-bond donors (Lipinski definition) is 1. The van der Waals surface area contributed by atoms with Crippen LogP contribution in [0.5, 0.6) is 0 Å². The van der Waals surface area contributed by atoms with E-state index in [0.29, 0.717) is 16.0 Å². The van der Waals surface area contributed by atoms with Gasteiger partial charge in [0.25, 0.3) is 0 Å². The van der Waals surface area contributed by atoms with Gasteiger partial charge in [-0.3, -0.25) is 0 Å². The Kier molecular flexibility index (Phi) is 3.27. The summed E-state index contributed by atoms with van der Waals surface area (Å²) in [6.45, 7) is 0. The summed E-state index contributed by atoms with van der Waals surface area (Å²) >= 11 is 11.8. The maximum absolute atomic E-state index is 5.95. The zero-order valence-electron chi connectivity index (χ0n) is 8.54. The van der Waals surface area contributed by atoms with E-state index in [9.17, 15) is 0 Å². The molecule has 0 aliphatic rings. The summed E-state index contributed by atoms with van der Waals surface area (Å²) in [5.74, 6) is 0.573. The van der Waals surface area contributed by atoms with Gasteiger partial charge >= 0.3 is 0 Å². The molecule has 0 saturated carbocycles. The first-order valence-electron chi connectivity index (χ1n) is 4.67. The second-order valence-corrected chi connectivity index (χ2v) is 3.96. The Bertz CT molecular complexity index is 514. The Morgan fingerprint density at radius 1 is 1.12 bits per heavy atom. The topological polar surface area (TPSA) is 37.8 Å². The molecule has 0 spiro atoms. The molecule has 1 N–H and O–H groups in total. The van der Waals surface area contributed by atoms with Crippen molar-refractivity contribution in [2.45, 2.75) is 0 Å². The predicted molar refractivity (Wildman–Crippen MR) is 67.0 cm³/mol. The second-order valence-electron chi connectivity index (χ2n) is 3.14. The van der Waals surface area contributed by atoms with Crippen molar-refractivity contribution in [3.63, 3.8) is 0 Å². The molecule has 16 heavy (non-hydrogen) atoms. The van der Waals surface area contributed by atoms with E-state index >= 15 is 0 Å². The van der Waals surface area contributed by atoms with Gasteiger partial charge in [-0.05, 0) is 18.2 Å². The van der Waals surface area contributed by atoms with E-state index in [-0.39, 0.29) is 0 Å². The summed E-state index contributed by atoms with van der Waals surface area (Å²) in [6, 6.07) is 7.22. The summed E-state index contributed by atoms with van der Waals surface area (Å²) in [5, 5.41) is 3.93. The van der Waals surface area contributed by atoms with E-state index in [1.165, 1.54) is 0 Å². The monoisotopic (exact) mass is 253 g/mol. The first kappa shape index (κ1) is 11.2. The maximum atomic E-state index is 5.95. The fourth-order valence-electron chi connectivity index (χ4n) is 1.30. The van der Waals surface area contributed by atoms with Crippen molar-refractivity contribution in [1.29, 1.82) is 0 Å². The van der Waals surface area contributed by atoms with E-state index in [0.717, 1.165) is 11.3 Å². The third-order valence-corrected chi connectivity index (χ3v) is 2.83. The Balaban J connectivity index is 2.46. The fraction of sp³-hybridized carbons (Fsp3) is 0.0909. The molecule has 2 aromatic rings. The molecule has 0 bridgehead atoms. The van der Waals surface area contributed by atoms with Crippen LogP contribution in [0.4, 0.5) is 5.95 Å². The van der Waals surface area contributed by atoms with Gasteiger partial charge in [-0.15, -0.1) is 0 Å². The number of hydrogen-bond acceptors (Lipinski definition) is 3. The van der Waals surface area contributed by atoms with Gasteiger partial charge in [-0.2, -0.15) is 0 Å². The molecule has 3 nitrogen and oxygen atoms in total. The van der Waals surface area contributed by atoms with Crippen molar-refractivity contribution < 1.29 is 0 Å². The molecule has 0 saturated heterocycles. The smallest absolute Gasteiger partial charge is 0.222 e. The van der Waals surface area contributed by atoms with E-state index in [4.69, 9.17) is 23.2 Å². The van der Waals surface area contributed by atoms with Gasteiger partial charge in [0.15, 0.2) is 0 Å². The van der Waals surface area contributed by atoms with Crippen LogP contribution in [0.15, 0.2) is 30.5 Å². The predicted octanol–water partition coefficient (Wildman–Crippen LogP) is 3.49. The molecular formula is C11H9Cl2N3. The molecule has 82 valence electrons. The molecule has 0 unspecified atom stereocenters. The number of anilines is 1. The van der Waals surface area contributed by atoms with Crippen molar-refractivity contribution in [3.8, 4) is 11.3 Å². The maximum Gasteiger partial charge on any atom is 0.222 e. The van der Waals surface area contributed by atoms with E-state index in [2.05, 4.69) is 15.3 Å². The van der Waals surface area contributed by atoms with Gasteiger partial charge in [0.1, 0.15) is 0 Å². The quantitative estimate of drug-likeness (QED) is 0.891. The SMILES string of the molecule is CNc1nccc(-c2ccc(Cl)c(Cl)c2)n1. The number of nitrogens with zero attached hydrogens (tertiary/aromatic N) is 2. The first-order valence-corrected chi connectivity index (χ1v) is 5.42. The van der Waals surface area contributed by atoms with Crippen LogP contribution >= 0.6 is 23.2 Å². The van der Waals surface area contributed by atoms with Crippen LogP contribution < -0.4 is 5.32 Å². The molecule has 5 heteroatoms. The third kappa shape index (κ3) is 2.26. The molecule has 1 heterocycles. The highest BCUT2D eigenvalue weighted by atomic mass is 35.5. The van der Waals surface area contributed by atoms with Crippen LogP contribution in [0, 0.1) is 0 Å². The van der Waals surface area contributed by atoms with E-state index in [1.54, 1.807) is 25.4 Å². The van der Waals surface area contributed by atoms with Gasteiger partial charge in [0.05, 0.1) is 15.7 Å². The van der Waals surface area contributed by atoms with Crippen LogP contribution in [0.25, 0.3) is 11.3 Å². The average Bonchev–Trinajstić information content (AvgIpc) is 2.33. The van der Waals surface area contributed by atoms with Crippen LogP contribution in [0.1, 0.15) is 0 Å². The minimum Gasteiger partial charge on any atom is -0.357 e. The molecular weight excluding hydrogens is 245 g/mol. The van der Waals surface area contributed by atoms with E-state index < -0.39 is 0 Å². The highest BCUT2D eigenvalue weighted by Gasteiger charge is 2.04. The Morgan fingerprint density at radius 2 is 1.94 bits per heavy atom. The van der Waals surface area contributed by atoms with Gasteiger partial charge < -0.3 is 5.32 Å². The van der Waals surface area contributed by atoms with Crippen molar-refractivity contribution in [2.24, 2.45) is 0 Å². The highest BCUT2D eigenvalue weighted by molar-refractivity contribution is 6.42. The minimum atomic E-state index is 0.517. The van der Waals surface area contributed by atoms with Gasteiger partial charge in [0.2, 0.25) is 5.95 Å².